The number of nitrogens with one attached hydrogen (secondary N) is 1. The topological polar surface area (TPSA) is 41.6 Å². The van der Waals surface area contributed by atoms with Gasteiger partial charge in [-0.2, -0.15) is 0 Å². The quantitative estimate of drug-likeness (QED) is 0.782. The van der Waals surface area contributed by atoms with Gasteiger partial charge in [0.2, 0.25) is 5.91 Å². The number of hydrogen-bond donors (Lipinski definition) is 1. The van der Waals surface area contributed by atoms with E-state index in [-0.39, 0.29) is 11.8 Å². The van der Waals surface area contributed by atoms with Crippen molar-refractivity contribution in [3.8, 4) is 0 Å². The zero-order valence-electron chi connectivity index (χ0n) is 12.9. The van der Waals surface area contributed by atoms with Gasteiger partial charge in [0, 0.05) is 32.2 Å². The van der Waals surface area contributed by atoms with E-state index < -0.39 is 0 Å². The van der Waals surface area contributed by atoms with Gasteiger partial charge in [0.1, 0.15) is 0 Å². The lowest BCUT2D eigenvalue weighted by molar-refractivity contribution is -0.127. The third-order valence-electron chi connectivity index (χ3n) is 3.90. The second kappa shape index (κ2) is 8.80. The zero-order chi connectivity index (χ0) is 14.9. The molecule has 1 aromatic rings. The summed E-state index contributed by atoms with van der Waals surface area (Å²) in [7, 11) is 2.12. The Bertz CT molecular complexity index is 416. The Labute approximate surface area is 127 Å². The Morgan fingerprint density at radius 3 is 2.71 bits per heavy atom. The molecule has 1 fully saturated rings. The minimum Gasteiger partial charge on any atom is -0.381 e. The van der Waals surface area contributed by atoms with Crippen molar-refractivity contribution < 1.29 is 9.53 Å². The summed E-state index contributed by atoms with van der Waals surface area (Å²) in [4.78, 5) is 14.2. The summed E-state index contributed by atoms with van der Waals surface area (Å²) < 4.78 is 5.28. The van der Waals surface area contributed by atoms with Gasteiger partial charge in [-0.3, -0.25) is 4.79 Å². The molecule has 0 bridgehead atoms. The third kappa shape index (κ3) is 5.86. The molecule has 0 aliphatic carbocycles. The molecule has 1 amide bonds. The van der Waals surface area contributed by atoms with Crippen molar-refractivity contribution in [3.05, 3.63) is 35.9 Å². The molecule has 0 saturated carbocycles. The number of hydrogen-bond acceptors (Lipinski definition) is 3. The van der Waals surface area contributed by atoms with Gasteiger partial charge >= 0.3 is 0 Å². The molecule has 1 aliphatic heterocycles. The second-order valence-corrected chi connectivity index (χ2v) is 5.75. The first-order chi connectivity index (χ1) is 10.3. The summed E-state index contributed by atoms with van der Waals surface area (Å²) in [6, 6.07) is 10.5. The van der Waals surface area contributed by atoms with Crippen molar-refractivity contribution in [2.24, 2.45) is 5.92 Å². The number of nitrogens with zero attached hydrogens (tertiary/aromatic N) is 1. The summed E-state index contributed by atoms with van der Waals surface area (Å²) in [5.41, 5.74) is 1.33. The van der Waals surface area contributed by atoms with E-state index in [0.717, 1.165) is 52.1 Å². The summed E-state index contributed by atoms with van der Waals surface area (Å²) in [6.45, 7) is 4.14. The van der Waals surface area contributed by atoms with Crippen molar-refractivity contribution in [1.29, 1.82) is 0 Å². The lowest BCUT2D eigenvalue weighted by Crippen LogP contribution is -2.35. The molecule has 4 nitrogen and oxygen atoms in total. The number of amides is 1. The zero-order valence-corrected chi connectivity index (χ0v) is 12.9. The van der Waals surface area contributed by atoms with E-state index >= 15 is 0 Å². The largest absolute Gasteiger partial charge is 0.381 e. The van der Waals surface area contributed by atoms with Gasteiger partial charge in [-0.25, -0.2) is 0 Å². The lowest BCUT2D eigenvalue weighted by atomic mass is 9.99. The van der Waals surface area contributed by atoms with Crippen LogP contribution in [-0.4, -0.2) is 44.2 Å². The molecule has 4 heteroatoms. The summed E-state index contributed by atoms with van der Waals surface area (Å²) in [5, 5.41) is 3.05. The maximum absolute atomic E-state index is 12.0. The Morgan fingerprint density at radius 2 is 2.00 bits per heavy atom. The van der Waals surface area contributed by atoms with Gasteiger partial charge < -0.3 is 15.0 Å². The fourth-order valence-electron chi connectivity index (χ4n) is 2.64. The Morgan fingerprint density at radius 1 is 1.29 bits per heavy atom. The van der Waals surface area contributed by atoms with E-state index in [1.54, 1.807) is 0 Å². The van der Waals surface area contributed by atoms with Crippen LogP contribution in [0.5, 0.6) is 0 Å². The molecule has 116 valence electrons. The first-order valence-electron chi connectivity index (χ1n) is 7.83. The Hall–Kier alpha value is -1.39. The predicted octanol–water partition coefficient (Wildman–Crippen LogP) is 2.05. The van der Waals surface area contributed by atoms with E-state index in [4.69, 9.17) is 4.74 Å². The van der Waals surface area contributed by atoms with Gasteiger partial charge in [-0.1, -0.05) is 30.3 Å². The molecule has 0 spiro atoms. The number of ether oxygens (including phenoxy) is 1. The Kier molecular flexibility index (Phi) is 6.70. The fourth-order valence-corrected chi connectivity index (χ4v) is 2.64. The van der Waals surface area contributed by atoms with Crippen molar-refractivity contribution in [1.82, 2.24) is 10.2 Å². The predicted molar refractivity (Wildman–Crippen MR) is 83.9 cm³/mol. The molecule has 2 rings (SSSR count). The number of rotatable bonds is 7. The lowest BCUT2D eigenvalue weighted by Gasteiger charge is -2.21. The molecule has 21 heavy (non-hydrogen) atoms. The van der Waals surface area contributed by atoms with E-state index in [9.17, 15) is 4.79 Å². The Balaban J connectivity index is 1.57. The first kappa shape index (κ1) is 16.0. The van der Waals surface area contributed by atoms with E-state index in [2.05, 4.69) is 41.5 Å². The van der Waals surface area contributed by atoms with Crippen LogP contribution in [0.15, 0.2) is 30.3 Å². The molecule has 1 aromatic carbocycles. The summed E-state index contributed by atoms with van der Waals surface area (Å²) in [5.74, 6) is 0.352. The molecular weight excluding hydrogens is 264 g/mol. The molecule has 0 atom stereocenters. The normalized spacial score (nSPS) is 16.1. The molecule has 0 aromatic heterocycles. The van der Waals surface area contributed by atoms with Crippen molar-refractivity contribution >= 4 is 5.91 Å². The highest BCUT2D eigenvalue weighted by molar-refractivity contribution is 5.78. The molecule has 1 saturated heterocycles. The minimum atomic E-state index is 0.154. The monoisotopic (exact) mass is 290 g/mol. The molecular formula is C17H26N2O2. The smallest absolute Gasteiger partial charge is 0.223 e. The maximum atomic E-state index is 12.0. The van der Waals surface area contributed by atoms with Crippen LogP contribution in [0.3, 0.4) is 0 Å². The van der Waals surface area contributed by atoms with Crippen LogP contribution in [0.4, 0.5) is 0 Å². The second-order valence-electron chi connectivity index (χ2n) is 5.75. The third-order valence-corrected chi connectivity index (χ3v) is 3.90. The van der Waals surface area contributed by atoms with Crippen LogP contribution in [0.2, 0.25) is 0 Å². The fraction of sp³-hybridized carbons (Fsp3) is 0.588. The standard InChI is InChI=1S/C17H26N2O2/c1-19(14-15-6-3-2-4-7-15)11-5-10-18-17(20)16-8-12-21-13-9-16/h2-4,6-7,16H,5,8-14H2,1H3,(H,18,20). The van der Waals surface area contributed by atoms with Crippen LogP contribution in [0.1, 0.15) is 24.8 Å². The van der Waals surface area contributed by atoms with Gasteiger partial charge in [0.05, 0.1) is 0 Å². The highest BCUT2D eigenvalue weighted by Crippen LogP contribution is 2.14. The van der Waals surface area contributed by atoms with Gasteiger partial charge in [-0.15, -0.1) is 0 Å². The number of carbonyl (C=O) groups is 1. The van der Waals surface area contributed by atoms with Gasteiger partial charge in [0.15, 0.2) is 0 Å². The molecule has 0 unspecified atom stereocenters. The van der Waals surface area contributed by atoms with Crippen LogP contribution < -0.4 is 5.32 Å². The number of benzene rings is 1. The molecule has 1 N–H and O–H groups in total. The first-order valence-corrected chi connectivity index (χ1v) is 7.83. The van der Waals surface area contributed by atoms with Crippen molar-refractivity contribution in [3.63, 3.8) is 0 Å². The molecule has 1 aliphatic rings. The summed E-state index contributed by atoms with van der Waals surface area (Å²) in [6.07, 6.45) is 2.71. The van der Waals surface area contributed by atoms with Crippen LogP contribution in [-0.2, 0) is 16.1 Å². The molecule has 1 heterocycles. The van der Waals surface area contributed by atoms with E-state index in [0.29, 0.717) is 0 Å². The minimum absolute atomic E-state index is 0.154. The highest BCUT2D eigenvalue weighted by atomic mass is 16.5. The highest BCUT2D eigenvalue weighted by Gasteiger charge is 2.20. The van der Waals surface area contributed by atoms with E-state index in [1.807, 2.05) is 6.07 Å². The van der Waals surface area contributed by atoms with Crippen molar-refractivity contribution in [2.45, 2.75) is 25.8 Å². The van der Waals surface area contributed by atoms with Crippen LogP contribution >= 0.6 is 0 Å². The van der Waals surface area contributed by atoms with Gasteiger partial charge in [0.25, 0.3) is 0 Å². The maximum Gasteiger partial charge on any atom is 0.223 e. The average molecular weight is 290 g/mol. The summed E-state index contributed by atoms with van der Waals surface area (Å²) >= 11 is 0. The van der Waals surface area contributed by atoms with E-state index in [1.165, 1.54) is 5.56 Å². The SMILES string of the molecule is CN(CCCNC(=O)C1CCOCC1)Cc1ccccc1. The van der Waals surface area contributed by atoms with Crippen LogP contribution in [0, 0.1) is 5.92 Å². The average Bonchev–Trinajstić information content (AvgIpc) is 2.53. The molecule has 0 radical (unpaired) electrons. The van der Waals surface area contributed by atoms with Crippen LogP contribution in [0.25, 0.3) is 0 Å². The van der Waals surface area contributed by atoms with Gasteiger partial charge in [-0.05, 0) is 38.4 Å². The van der Waals surface area contributed by atoms with Crippen molar-refractivity contribution in [2.75, 3.05) is 33.4 Å². The number of carbonyl (C=O) groups excluding carboxylic acids is 1.